The van der Waals surface area contributed by atoms with Gasteiger partial charge in [-0.25, -0.2) is 0 Å². The van der Waals surface area contributed by atoms with Gasteiger partial charge >= 0.3 is 0 Å². The van der Waals surface area contributed by atoms with Crippen LogP contribution in [0.25, 0.3) is 5.76 Å². The number of carbonyl (C=O) groups is 2. The lowest BCUT2D eigenvalue weighted by molar-refractivity contribution is -0.139. The molecule has 0 aromatic heterocycles. The van der Waals surface area contributed by atoms with Crippen LogP contribution in [0.4, 0.5) is 0 Å². The van der Waals surface area contributed by atoms with Crippen LogP contribution in [0.15, 0.2) is 60.7 Å². The molecule has 0 radical (unpaired) electrons. The average Bonchev–Trinajstić information content (AvgIpc) is 3.07. The third kappa shape index (κ3) is 5.31. The average molecular weight is 465 g/mol. The van der Waals surface area contributed by atoms with Crippen LogP contribution in [0.5, 0.6) is 11.5 Å². The van der Waals surface area contributed by atoms with E-state index >= 15 is 0 Å². The summed E-state index contributed by atoms with van der Waals surface area (Å²) in [6, 6.07) is 11.7. The molecule has 7 heteroatoms. The lowest BCUT2D eigenvalue weighted by Crippen LogP contribution is -2.32. The number of aliphatic hydroxyl groups is 1. The molecule has 34 heavy (non-hydrogen) atoms. The second-order valence-corrected chi connectivity index (χ2v) is 8.50. The highest BCUT2D eigenvalue weighted by Crippen LogP contribution is 2.40. The SMILES string of the molecule is C=CCOc1ccc(/C(O)=C2/C(=O)C(=O)N(CCCN(C)C)C2c2ccc(OC)cc2)c(C)c1. The van der Waals surface area contributed by atoms with Gasteiger partial charge in [0.2, 0.25) is 0 Å². The summed E-state index contributed by atoms with van der Waals surface area (Å²) in [7, 11) is 5.49. The number of amides is 1. The van der Waals surface area contributed by atoms with Gasteiger partial charge in [0.25, 0.3) is 11.7 Å². The number of aryl methyl sites for hydroxylation is 1. The highest BCUT2D eigenvalue weighted by atomic mass is 16.5. The third-order valence-electron chi connectivity index (χ3n) is 5.80. The normalized spacial score (nSPS) is 17.3. The van der Waals surface area contributed by atoms with Crippen molar-refractivity contribution >= 4 is 17.4 Å². The number of Topliss-reactive ketones (excluding diaryl/α,β-unsaturated/α-hetero) is 1. The molecule has 3 rings (SSSR count). The molecule has 0 aliphatic carbocycles. The van der Waals surface area contributed by atoms with Crippen LogP contribution < -0.4 is 9.47 Å². The Bertz CT molecular complexity index is 1090. The van der Waals surface area contributed by atoms with Gasteiger partial charge in [0.1, 0.15) is 23.9 Å². The minimum absolute atomic E-state index is 0.0860. The number of hydrogen-bond acceptors (Lipinski definition) is 6. The molecule has 1 atom stereocenters. The highest BCUT2D eigenvalue weighted by Gasteiger charge is 2.45. The summed E-state index contributed by atoms with van der Waals surface area (Å²) >= 11 is 0. The number of nitrogens with zero attached hydrogens (tertiary/aromatic N) is 2. The van der Waals surface area contributed by atoms with E-state index in [-0.39, 0.29) is 11.3 Å². The summed E-state index contributed by atoms with van der Waals surface area (Å²) in [5, 5.41) is 11.3. The van der Waals surface area contributed by atoms with Crippen molar-refractivity contribution in [2.75, 3.05) is 40.9 Å². The minimum atomic E-state index is -0.691. The summed E-state index contributed by atoms with van der Waals surface area (Å²) in [5.74, 6) is -0.189. The Hall–Kier alpha value is -3.58. The second-order valence-electron chi connectivity index (χ2n) is 8.50. The molecule has 1 N–H and O–H groups in total. The smallest absolute Gasteiger partial charge is 0.295 e. The molecule has 0 spiro atoms. The quantitative estimate of drug-likeness (QED) is 0.248. The van der Waals surface area contributed by atoms with Gasteiger partial charge in [0.15, 0.2) is 0 Å². The first-order chi connectivity index (χ1) is 16.3. The summed E-state index contributed by atoms with van der Waals surface area (Å²) in [4.78, 5) is 29.8. The lowest BCUT2D eigenvalue weighted by Gasteiger charge is -2.26. The summed E-state index contributed by atoms with van der Waals surface area (Å²) in [6.07, 6.45) is 2.34. The molecular weight excluding hydrogens is 432 g/mol. The second kappa shape index (κ2) is 11.0. The fraction of sp³-hybridized carbons (Fsp3) is 0.333. The number of hydrogen-bond donors (Lipinski definition) is 1. The van der Waals surface area contributed by atoms with Gasteiger partial charge in [-0.2, -0.15) is 0 Å². The predicted octanol–water partition coefficient (Wildman–Crippen LogP) is 3.94. The van der Waals surface area contributed by atoms with Crippen molar-refractivity contribution < 1.29 is 24.2 Å². The summed E-state index contributed by atoms with van der Waals surface area (Å²) < 4.78 is 10.8. The van der Waals surface area contributed by atoms with Crippen LogP contribution in [-0.4, -0.2) is 67.5 Å². The lowest BCUT2D eigenvalue weighted by atomic mass is 9.93. The molecule has 2 aromatic carbocycles. The molecule has 1 amide bonds. The monoisotopic (exact) mass is 464 g/mol. The van der Waals surface area contributed by atoms with E-state index in [0.717, 1.165) is 17.7 Å². The topological polar surface area (TPSA) is 79.3 Å². The fourth-order valence-electron chi connectivity index (χ4n) is 4.09. The number of aliphatic hydroxyl groups excluding tert-OH is 1. The summed E-state index contributed by atoms with van der Waals surface area (Å²) in [5.41, 5.74) is 2.03. The Morgan fingerprint density at radius 3 is 2.41 bits per heavy atom. The van der Waals surface area contributed by atoms with E-state index in [2.05, 4.69) is 6.58 Å². The Morgan fingerprint density at radius 1 is 1.15 bits per heavy atom. The number of carbonyl (C=O) groups excluding carboxylic acids is 2. The molecule has 2 aromatic rings. The summed E-state index contributed by atoms with van der Waals surface area (Å²) in [6.45, 7) is 6.99. The van der Waals surface area contributed by atoms with E-state index in [4.69, 9.17) is 9.47 Å². The Morgan fingerprint density at radius 2 is 1.82 bits per heavy atom. The number of ketones is 1. The van der Waals surface area contributed by atoms with E-state index < -0.39 is 17.7 Å². The zero-order valence-corrected chi connectivity index (χ0v) is 20.2. The zero-order valence-electron chi connectivity index (χ0n) is 20.2. The molecule has 7 nitrogen and oxygen atoms in total. The van der Waals surface area contributed by atoms with Crippen molar-refractivity contribution in [3.8, 4) is 11.5 Å². The van der Waals surface area contributed by atoms with Crippen LogP contribution in [0, 0.1) is 6.92 Å². The van der Waals surface area contributed by atoms with Gasteiger partial charge in [0, 0.05) is 12.1 Å². The van der Waals surface area contributed by atoms with E-state index in [9.17, 15) is 14.7 Å². The standard InChI is InChI=1S/C27H32N2O5/c1-6-16-34-21-12-13-22(18(2)17-21)25(30)23-24(19-8-10-20(33-5)11-9-19)29(27(32)26(23)31)15-7-14-28(3)4/h6,8-13,17,24,30H,1,7,14-16H2,2-5H3/b25-23-. The molecule has 1 heterocycles. The number of rotatable bonds is 10. The Kier molecular flexibility index (Phi) is 8.12. The third-order valence-corrected chi connectivity index (χ3v) is 5.80. The number of methoxy groups -OCH3 is 1. The van der Waals surface area contributed by atoms with E-state index in [1.165, 1.54) is 0 Å². The molecule has 1 unspecified atom stereocenters. The molecule has 0 saturated carbocycles. The van der Waals surface area contributed by atoms with E-state index in [0.29, 0.717) is 36.6 Å². The van der Waals surface area contributed by atoms with Gasteiger partial charge in [-0.15, -0.1) is 0 Å². The molecule has 1 fully saturated rings. The minimum Gasteiger partial charge on any atom is -0.507 e. The van der Waals surface area contributed by atoms with Gasteiger partial charge < -0.3 is 24.4 Å². The maximum absolute atomic E-state index is 13.2. The van der Waals surface area contributed by atoms with Gasteiger partial charge in [-0.3, -0.25) is 9.59 Å². The highest BCUT2D eigenvalue weighted by molar-refractivity contribution is 6.46. The predicted molar refractivity (Wildman–Crippen MR) is 132 cm³/mol. The van der Waals surface area contributed by atoms with Crippen molar-refractivity contribution in [2.24, 2.45) is 0 Å². The van der Waals surface area contributed by atoms with Crippen molar-refractivity contribution in [1.29, 1.82) is 0 Å². The molecule has 180 valence electrons. The molecular formula is C27H32N2O5. The van der Waals surface area contributed by atoms with Crippen molar-refractivity contribution in [3.63, 3.8) is 0 Å². The zero-order chi connectivity index (χ0) is 24.8. The molecule has 1 aliphatic heterocycles. The maximum atomic E-state index is 13.2. The van der Waals surface area contributed by atoms with E-state index in [1.807, 2.05) is 38.1 Å². The maximum Gasteiger partial charge on any atom is 0.295 e. The number of likely N-dealkylation sites (tertiary alicyclic amines) is 1. The molecule has 1 saturated heterocycles. The van der Waals surface area contributed by atoms with Crippen LogP contribution >= 0.6 is 0 Å². The van der Waals surface area contributed by atoms with Crippen LogP contribution in [0.2, 0.25) is 0 Å². The van der Waals surface area contributed by atoms with Crippen LogP contribution in [-0.2, 0) is 9.59 Å². The van der Waals surface area contributed by atoms with Crippen molar-refractivity contribution in [3.05, 3.63) is 77.4 Å². The molecule has 1 aliphatic rings. The first-order valence-electron chi connectivity index (χ1n) is 11.2. The fourth-order valence-corrected chi connectivity index (χ4v) is 4.09. The molecule has 0 bridgehead atoms. The van der Waals surface area contributed by atoms with Crippen molar-refractivity contribution in [2.45, 2.75) is 19.4 Å². The van der Waals surface area contributed by atoms with E-state index in [1.54, 1.807) is 48.4 Å². The number of ether oxygens (including phenoxy) is 2. The number of benzene rings is 2. The first kappa shape index (κ1) is 25.1. The van der Waals surface area contributed by atoms with Crippen molar-refractivity contribution in [1.82, 2.24) is 9.80 Å². The van der Waals surface area contributed by atoms with Crippen LogP contribution in [0.3, 0.4) is 0 Å². The van der Waals surface area contributed by atoms with Gasteiger partial charge in [0.05, 0.1) is 18.7 Å². The Balaban J connectivity index is 2.07. The largest absolute Gasteiger partial charge is 0.507 e. The first-order valence-corrected chi connectivity index (χ1v) is 11.2. The van der Waals surface area contributed by atoms with Crippen LogP contribution in [0.1, 0.15) is 29.2 Å². The van der Waals surface area contributed by atoms with Gasteiger partial charge in [-0.05, 0) is 75.4 Å². The van der Waals surface area contributed by atoms with Gasteiger partial charge in [-0.1, -0.05) is 24.8 Å². The Labute approximate surface area is 200 Å².